The smallest absolute Gasteiger partial charge is 0.238 e. The van der Waals surface area contributed by atoms with Crippen molar-refractivity contribution in [2.75, 3.05) is 9.80 Å². The van der Waals surface area contributed by atoms with E-state index in [1.54, 1.807) is 0 Å². The number of halogens is 2. The molecule has 0 aromatic heterocycles. The number of fused-ring (bicyclic) bond motifs is 2. The normalized spacial score (nSPS) is 30.4. The van der Waals surface area contributed by atoms with Crippen LogP contribution >= 0.6 is 23.2 Å². The Morgan fingerprint density at radius 1 is 0.529 bits per heavy atom. The van der Waals surface area contributed by atoms with Crippen molar-refractivity contribution >= 4 is 70.8 Å². The zero-order chi connectivity index (χ0) is 24.3. The molecule has 5 rings (SSSR count). The van der Waals surface area contributed by atoms with Crippen molar-refractivity contribution in [1.82, 2.24) is 0 Å². The first kappa shape index (κ1) is 22.4. The summed E-state index contributed by atoms with van der Waals surface area (Å²) in [5.74, 6) is -10.2. The molecule has 8 nitrogen and oxygen atoms in total. The van der Waals surface area contributed by atoms with Gasteiger partial charge in [-0.1, -0.05) is 23.2 Å². The molecule has 0 spiro atoms. The van der Waals surface area contributed by atoms with Gasteiger partial charge in [0.25, 0.3) is 0 Å². The summed E-state index contributed by atoms with van der Waals surface area (Å²) in [7, 11) is 0. The lowest BCUT2D eigenvalue weighted by molar-refractivity contribution is -0.146. The van der Waals surface area contributed by atoms with Crippen molar-refractivity contribution < 1.29 is 28.8 Å². The third-order valence-electron chi connectivity index (χ3n) is 6.94. The van der Waals surface area contributed by atoms with E-state index in [-0.39, 0.29) is 11.4 Å². The minimum Gasteiger partial charge on any atom is -0.303 e. The van der Waals surface area contributed by atoms with Gasteiger partial charge >= 0.3 is 0 Å². The number of amides is 4. The summed E-state index contributed by atoms with van der Waals surface area (Å²) >= 11 is 11.8. The van der Waals surface area contributed by atoms with Gasteiger partial charge in [-0.3, -0.25) is 29.0 Å². The Hall–Kier alpha value is -3.36. The van der Waals surface area contributed by atoms with Crippen LogP contribution in [0.5, 0.6) is 0 Å². The van der Waals surface area contributed by atoms with Gasteiger partial charge in [-0.15, -0.1) is 0 Å². The molecule has 2 heterocycles. The molecule has 3 aliphatic rings. The molecule has 4 atom stereocenters. The van der Waals surface area contributed by atoms with Crippen molar-refractivity contribution in [3.63, 3.8) is 0 Å². The summed E-state index contributed by atoms with van der Waals surface area (Å²) in [5.41, 5.74) is 0.461. The molecule has 34 heavy (non-hydrogen) atoms. The molecule has 4 amide bonds. The van der Waals surface area contributed by atoms with Crippen LogP contribution in [0, 0.1) is 35.5 Å². The highest BCUT2D eigenvalue weighted by Crippen LogP contribution is 2.54. The van der Waals surface area contributed by atoms with Gasteiger partial charge in [-0.05, 0) is 48.5 Å². The summed E-state index contributed by atoms with van der Waals surface area (Å²) < 4.78 is 0. The topological polar surface area (TPSA) is 109 Å². The largest absolute Gasteiger partial charge is 0.303 e. The van der Waals surface area contributed by atoms with Gasteiger partial charge in [0.1, 0.15) is 12.6 Å². The number of hydrogen-bond donors (Lipinski definition) is 0. The first-order valence-electron chi connectivity index (χ1n) is 10.5. The van der Waals surface area contributed by atoms with E-state index in [4.69, 9.17) is 23.2 Å². The fourth-order valence-corrected chi connectivity index (χ4v) is 5.77. The van der Waals surface area contributed by atoms with E-state index < -0.39 is 59.1 Å². The second kappa shape index (κ2) is 8.14. The molecule has 1 aliphatic carbocycles. The van der Waals surface area contributed by atoms with E-state index in [0.717, 1.165) is 9.80 Å². The fourth-order valence-electron chi connectivity index (χ4n) is 5.52. The maximum absolute atomic E-state index is 13.4. The standard InChI is InChI=1S/C24H16Cl2N2O6/c25-11-1-5-13(6-2-11)27-21(31)17-15(9-29)19-20(16(10-30)18(17)22(27)32)24(34)28(23(19)33)14-7-3-12(26)4-8-14/h1-10,15-20H. The highest BCUT2D eigenvalue weighted by molar-refractivity contribution is 6.31. The Kier molecular flexibility index (Phi) is 5.37. The minimum atomic E-state index is -1.24. The number of carbonyl (C=O) groups excluding carboxylic acids is 6. The van der Waals surface area contributed by atoms with E-state index >= 15 is 0 Å². The molecule has 2 saturated heterocycles. The molecule has 0 bridgehead atoms. The summed E-state index contributed by atoms with van der Waals surface area (Å²) in [6.45, 7) is 0. The number of benzene rings is 2. The number of anilines is 2. The van der Waals surface area contributed by atoms with Crippen molar-refractivity contribution in [3.8, 4) is 0 Å². The minimum absolute atomic E-state index is 0.230. The molecule has 0 N–H and O–H groups in total. The summed E-state index contributed by atoms with van der Waals surface area (Å²) in [6.07, 6.45) is 0.896. The second-order valence-electron chi connectivity index (χ2n) is 8.51. The number of hydrogen-bond acceptors (Lipinski definition) is 6. The summed E-state index contributed by atoms with van der Waals surface area (Å²) in [4.78, 5) is 79.9. The fraction of sp³-hybridized carbons (Fsp3) is 0.250. The Balaban J connectivity index is 1.59. The van der Waals surface area contributed by atoms with Gasteiger partial charge in [-0.25, -0.2) is 0 Å². The molecule has 2 aromatic carbocycles. The van der Waals surface area contributed by atoms with Gasteiger partial charge < -0.3 is 9.59 Å². The zero-order valence-corrected chi connectivity index (χ0v) is 18.8. The number of aldehydes is 2. The van der Waals surface area contributed by atoms with Gasteiger partial charge in [-0.2, -0.15) is 0 Å². The predicted octanol–water partition coefficient (Wildman–Crippen LogP) is 2.55. The second-order valence-corrected chi connectivity index (χ2v) is 9.38. The number of imide groups is 2. The maximum Gasteiger partial charge on any atom is 0.238 e. The molecule has 4 unspecified atom stereocenters. The summed E-state index contributed by atoms with van der Waals surface area (Å²) in [5, 5.41) is 0.787. The van der Waals surface area contributed by atoms with Crippen LogP contribution in [0.3, 0.4) is 0 Å². The van der Waals surface area contributed by atoms with Gasteiger partial charge in [0.05, 0.1) is 35.0 Å². The molecule has 172 valence electrons. The lowest BCUT2D eigenvalue weighted by atomic mass is 9.59. The predicted molar refractivity (Wildman–Crippen MR) is 121 cm³/mol. The average molecular weight is 499 g/mol. The van der Waals surface area contributed by atoms with Gasteiger partial charge in [0, 0.05) is 21.9 Å². The molecular formula is C24H16Cl2N2O6. The number of carbonyl (C=O) groups is 6. The van der Waals surface area contributed by atoms with Crippen LogP contribution in [0.1, 0.15) is 0 Å². The average Bonchev–Trinajstić information content (AvgIpc) is 3.24. The van der Waals surface area contributed by atoms with E-state index in [1.165, 1.54) is 48.5 Å². The summed E-state index contributed by atoms with van der Waals surface area (Å²) in [6, 6.07) is 11.9. The van der Waals surface area contributed by atoms with Crippen molar-refractivity contribution in [3.05, 3.63) is 58.6 Å². The van der Waals surface area contributed by atoms with Crippen LogP contribution in [-0.4, -0.2) is 36.2 Å². The molecular weight excluding hydrogens is 483 g/mol. The van der Waals surface area contributed by atoms with Crippen LogP contribution in [0.4, 0.5) is 11.4 Å². The monoisotopic (exact) mass is 498 g/mol. The van der Waals surface area contributed by atoms with Crippen molar-refractivity contribution in [2.45, 2.75) is 0 Å². The molecule has 0 radical (unpaired) electrons. The third kappa shape index (κ3) is 3.05. The van der Waals surface area contributed by atoms with Crippen LogP contribution in [0.2, 0.25) is 10.0 Å². The van der Waals surface area contributed by atoms with Crippen LogP contribution < -0.4 is 9.80 Å². The van der Waals surface area contributed by atoms with Crippen LogP contribution in [0.15, 0.2) is 48.5 Å². The quantitative estimate of drug-likeness (QED) is 0.473. The zero-order valence-electron chi connectivity index (χ0n) is 17.3. The Labute approximate surface area is 203 Å². The Bertz CT molecular complexity index is 1100. The highest BCUT2D eigenvalue weighted by Gasteiger charge is 2.68. The van der Waals surface area contributed by atoms with E-state index in [2.05, 4.69) is 0 Å². The molecule has 10 heteroatoms. The maximum atomic E-state index is 13.4. The lowest BCUT2D eigenvalue weighted by Crippen LogP contribution is -2.50. The lowest BCUT2D eigenvalue weighted by Gasteiger charge is -2.37. The number of rotatable bonds is 4. The first-order valence-corrected chi connectivity index (χ1v) is 11.2. The first-order chi connectivity index (χ1) is 16.3. The molecule has 3 fully saturated rings. The SMILES string of the molecule is O=CC1C2C(=O)N(c3ccc(Cl)cc3)C(=O)C2C(C=O)C2C(=O)N(c3ccc(Cl)cc3)C(=O)C12. The highest BCUT2D eigenvalue weighted by atomic mass is 35.5. The molecule has 2 aliphatic heterocycles. The van der Waals surface area contributed by atoms with Gasteiger partial charge in [0.2, 0.25) is 23.6 Å². The molecule has 2 aromatic rings. The van der Waals surface area contributed by atoms with E-state index in [1.807, 2.05) is 0 Å². The molecule has 1 saturated carbocycles. The van der Waals surface area contributed by atoms with Crippen molar-refractivity contribution in [1.29, 1.82) is 0 Å². The van der Waals surface area contributed by atoms with E-state index in [9.17, 15) is 28.8 Å². The Morgan fingerprint density at radius 2 is 0.794 bits per heavy atom. The third-order valence-corrected chi connectivity index (χ3v) is 7.44. The van der Waals surface area contributed by atoms with Crippen LogP contribution in [-0.2, 0) is 28.8 Å². The van der Waals surface area contributed by atoms with Crippen LogP contribution in [0.25, 0.3) is 0 Å². The Morgan fingerprint density at radius 3 is 1.03 bits per heavy atom. The number of nitrogens with zero attached hydrogens (tertiary/aromatic N) is 2. The van der Waals surface area contributed by atoms with Gasteiger partial charge in [0.15, 0.2) is 0 Å². The van der Waals surface area contributed by atoms with Crippen molar-refractivity contribution in [2.24, 2.45) is 35.5 Å². The van der Waals surface area contributed by atoms with E-state index in [0.29, 0.717) is 22.6 Å².